The molecule has 32 heavy (non-hydrogen) atoms. The van der Waals surface area contributed by atoms with Crippen molar-refractivity contribution in [2.75, 3.05) is 19.6 Å². The Bertz CT molecular complexity index is 1080. The molecule has 2 aromatic carbocycles. The molecule has 1 aliphatic heterocycles. The Morgan fingerprint density at radius 2 is 1.81 bits per heavy atom. The van der Waals surface area contributed by atoms with Crippen LogP contribution < -0.4 is 0 Å². The van der Waals surface area contributed by atoms with Gasteiger partial charge in [-0.2, -0.15) is 0 Å². The van der Waals surface area contributed by atoms with Gasteiger partial charge in [0, 0.05) is 18.0 Å². The van der Waals surface area contributed by atoms with Crippen molar-refractivity contribution in [1.29, 1.82) is 0 Å². The van der Waals surface area contributed by atoms with Gasteiger partial charge < -0.3 is 9.80 Å². The van der Waals surface area contributed by atoms with Crippen LogP contribution in [0.25, 0.3) is 0 Å². The minimum Gasteiger partial charge on any atom is -0.330 e. The Morgan fingerprint density at radius 1 is 1.12 bits per heavy atom. The van der Waals surface area contributed by atoms with Crippen LogP contribution in [0.3, 0.4) is 0 Å². The van der Waals surface area contributed by atoms with Crippen LogP contribution in [0.4, 0.5) is 0 Å². The molecule has 3 aromatic rings. The summed E-state index contributed by atoms with van der Waals surface area (Å²) in [4.78, 5) is 31.3. The van der Waals surface area contributed by atoms with Crippen molar-refractivity contribution in [3.63, 3.8) is 0 Å². The normalized spacial score (nSPS) is 16.2. The summed E-state index contributed by atoms with van der Waals surface area (Å²) in [6, 6.07) is 21.2. The van der Waals surface area contributed by atoms with E-state index in [0.717, 1.165) is 12.0 Å². The van der Waals surface area contributed by atoms with E-state index in [1.54, 1.807) is 17.4 Å². The summed E-state index contributed by atoms with van der Waals surface area (Å²) in [5, 5.41) is 1.23. The maximum Gasteiger partial charge on any atom is 0.245 e. The number of rotatable bonds is 7. The Labute approximate surface area is 197 Å². The molecule has 0 radical (unpaired) electrons. The lowest BCUT2D eigenvalue weighted by molar-refractivity contribution is -0.141. The maximum absolute atomic E-state index is 13.5. The first-order chi connectivity index (χ1) is 15.6. The second-order valence-electron chi connectivity index (χ2n) is 7.73. The zero-order chi connectivity index (χ0) is 22.5. The second-order valence-corrected chi connectivity index (χ2v) is 9.17. The number of hydrogen-bond acceptors (Lipinski definition) is 3. The number of benzene rings is 2. The molecule has 1 aliphatic rings. The van der Waals surface area contributed by atoms with Crippen LogP contribution in [-0.2, 0) is 16.0 Å². The van der Waals surface area contributed by atoms with Gasteiger partial charge in [0.25, 0.3) is 0 Å². The van der Waals surface area contributed by atoms with E-state index in [2.05, 4.69) is 30.2 Å². The molecule has 4 rings (SSSR count). The van der Waals surface area contributed by atoms with Crippen molar-refractivity contribution < 1.29 is 9.59 Å². The Morgan fingerprint density at radius 3 is 2.50 bits per heavy atom. The SMILES string of the molecule is C=CCN(CC(=O)N1CCc2sccc2C1c1ccccc1)C(=O)C(Cl)c1ccccc1. The van der Waals surface area contributed by atoms with Gasteiger partial charge >= 0.3 is 0 Å². The lowest BCUT2D eigenvalue weighted by Crippen LogP contribution is -2.47. The van der Waals surface area contributed by atoms with Crippen molar-refractivity contribution in [3.05, 3.63) is 106 Å². The number of fused-ring (bicyclic) bond motifs is 1. The number of carbonyl (C=O) groups excluding carboxylic acids is 2. The van der Waals surface area contributed by atoms with E-state index in [1.807, 2.05) is 53.4 Å². The molecule has 4 nitrogen and oxygen atoms in total. The third-order valence-corrected chi connectivity index (χ3v) is 7.13. The minimum atomic E-state index is -0.848. The number of alkyl halides is 1. The fourth-order valence-electron chi connectivity index (χ4n) is 4.15. The average molecular weight is 465 g/mol. The minimum absolute atomic E-state index is 0.0380. The molecular formula is C26H25ClN2O2S. The lowest BCUT2D eigenvalue weighted by Gasteiger charge is -2.37. The van der Waals surface area contributed by atoms with Gasteiger partial charge in [-0.05, 0) is 34.6 Å². The zero-order valence-corrected chi connectivity index (χ0v) is 19.3. The summed E-state index contributed by atoms with van der Waals surface area (Å²) in [5.74, 6) is -0.390. The fraction of sp³-hybridized carbons (Fsp3) is 0.231. The Kier molecular flexibility index (Phi) is 7.08. The van der Waals surface area contributed by atoms with E-state index in [0.29, 0.717) is 12.1 Å². The highest BCUT2D eigenvalue weighted by Gasteiger charge is 2.34. The second kappa shape index (κ2) is 10.2. The summed E-state index contributed by atoms with van der Waals surface area (Å²) in [6.07, 6.45) is 2.45. The predicted molar refractivity (Wildman–Crippen MR) is 130 cm³/mol. The van der Waals surface area contributed by atoms with E-state index < -0.39 is 5.38 Å². The van der Waals surface area contributed by atoms with Crippen LogP contribution in [0, 0.1) is 0 Å². The lowest BCUT2D eigenvalue weighted by atomic mass is 9.93. The number of hydrogen-bond donors (Lipinski definition) is 0. The smallest absolute Gasteiger partial charge is 0.245 e. The zero-order valence-electron chi connectivity index (χ0n) is 17.7. The van der Waals surface area contributed by atoms with Crippen molar-refractivity contribution in [2.45, 2.75) is 17.8 Å². The van der Waals surface area contributed by atoms with Crippen LogP contribution in [0.15, 0.2) is 84.8 Å². The third kappa shape index (κ3) is 4.64. The average Bonchev–Trinajstić information content (AvgIpc) is 3.32. The van der Waals surface area contributed by atoms with Crippen molar-refractivity contribution >= 4 is 34.8 Å². The number of nitrogens with zero attached hydrogens (tertiary/aromatic N) is 2. The summed E-state index contributed by atoms with van der Waals surface area (Å²) < 4.78 is 0. The van der Waals surface area contributed by atoms with Gasteiger partial charge in [-0.1, -0.05) is 66.7 Å². The Hall–Kier alpha value is -2.89. The molecule has 1 aromatic heterocycles. The van der Waals surface area contributed by atoms with Crippen molar-refractivity contribution in [3.8, 4) is 0 Å². The maximum atomic E-state index is 13.5. The van der Waals surface area contributed by atoms with E-state index in [4.69, 9.17) is 11.6 Å². The quantitative estimate of drug-likeness (QED) is 0.355. The van der Waals surface area contributed by atoms with E-state index in [-0.39, 0.29) is 30.9 Å². The van der Waals surface area contributed by atoms with Gasteiger partial charge in [0.15, 0.2) is 0 Å². The van der Waals surface area contributed by atoms with E-state index >= 15 is 0 Å². The predicted octanol–water partition coefficient (Wildman–Crippen LogP) is 5.22. The molecule has 6 heteroatoms. The van der Waals surface area contributed by atoms with Gasteiger partial charge in [0.1, 0.15) is 11.9 Å². The fourth-order valence-corrected chi connectivity index (χ4v) is 5.33. The van der Waals surface area contributed by atoms with Crippen molar-refractivity contribution in [2.24, 2.45) is 0 Å². The van der Waals surface area contributed by atoms with Gasteiger partial charge in [-0.3, -0.25) is 9.59 Å². The molecule has 0 fully saturated rings. The largest absolute Gasteiger partial charge is 0.330 e. The van der Waals surface area contributed by atoms with Gasteiger partial charge in [0.2, 0.25) is 11.8 Å². The standard InChI is InChI=1S/C26H25ClN2O2S/c1-2-15-28(26(31)24(27)19-9-5-3-6-10-19)18-23(30)29-16-13-22-21(14-17-32-22)25(29)20-11-7-4-8-12-20/h2-12,14,17,24-25H,1,13,15-16,18H2. The molecular weight excluding hydrogens is 440 g/mol. The molecule has 2 heterocycles. The van der Waals surface area contributed by atoms with Crippen LogP contribution in [0.1, 0.15) is 33.0 Å². The molecule has 0 N–H and O–H groups in total. The number of carbonyl (C=O) groups is 2. The molecule has 2 unspecified atom stereocenters. The number of amides is 2. The molecule has 2 amide bonds. The molecule has 0 saturated heterocycles. The molecule has 0 aliphatic carbocycles. The van der Waals surface area contributed by atoms with E-state index in [9.17, 15) is 9.59 Å². The highest BCUT2D eigenvalue weighted by atomic mass is 35.5. The summed E-state index contributed by atoms with van der Waals surface area (Å²) in [6.45, 7) is 4.60. The first-order valence-corrected chi connectivity index (χ1v) is 11.9. The topological polar surface area (TPSA) is 40.6 Å². The first-order valence-electron chi connectivity index (χ1n) is 10.6. The third-order valence-electron chi connectivity index (χ3n) is 5.70. The monoisotopic (exact) mass is 464 g/mol. The summed E-state index contributed by atoms with van der Waals surface area (Å²) in [7, 11) is 0. The Balaban J connectivity index is 1.57. The van der Waals surface area contributed by atoms with Crippen LogP contribution in [-0.4, -0.2) is 41.2 Å². The highest BCUT2D eigenvalue weighted by molar-refractivity contribution is 7.10. The number of halogens is 1. The van der Waals surface area contributed by atoms with Gasteiger partial charge in [0.05, 0.1) is 6.04 Å². The van der Waals surface area contributed by atoms with Crippen LogP contribution in [0.5, 0.6) is 0 Å². The van der Waals surface area contributed by atoms with Gasteiger partial charge in [-0.15, -0.1) is 29.5 Å². The summed E-state index contributed by atoms with van der Waals surface area (Å²) in [5.41, 5.74) is 2.95. The molecule has 0 bridgehead atoms. The molecule has 2 atom stereocenters. The molecule has 0 saturated carbocycles. The van der Waals surface area contributed by atoms with Crippen molar-refractivity contribution in [1.82, 2.24) is 9.80 Å². The first kappa shape index (κ1) is 22.3. The van der Waals surface area contributed by atoms with Gasteiger partial charge in [-0.25, -0.2) is 0 Å². The van der Waals surface area contributed by atoms with Crippen LogP contribution >= 0.6 is 22.9 Å². The molecule has 164 valence electrons. The van der Waals surface area contributed by atoms with Crippen LogP contribution in [0.2, 0.25) is 0 Å². The highest BCUT2D eigenvalue weighted by Crippen LogP contribution is 2.37. The number of thiophene rings is 1. The summed E-state index contributed by atoms with van der Waals surface area (Å²) >= 11 is 8.22. The van der Waals surface area contributed by atoms with E-state index in [1.165, 1.54) is 15.3 Å². The molecule has 0 spiro atoms.